The summed E-state index contributed by atoms with van der Waals surface area (Å²) in [7, 11) is 3.85. The third-order valence-electron chi connectivity index (χ3n) is 3.94. The second-order valence-corrected chi connectivity index (χ2v) is 5.71. The van der Waals surface area contributed by atoms with Crippen LogP contribution in [0.5, 0.6) is 0 Å². The van der Waals surface area contributed by atoms with Gasteiger partial charge in [-0.2, -0.15) is 4.98 Å². The molecule has 0 saturated heterocycles. The topological polar surface area (TPSA) is 61.3 Å². The molecule has 0 aliphatic heterocycles. The van der Waals surface area contributed by atoms with Crippen molar-refractivity contribution in [1.29, 1.82) is 0 Å². The lowest BCUT2D eigenvalue weighted by molar-refractivity contribution is 0.0943. The zero-order valence-electron chi connectivity index (χ0n) is 11.9. The molecule has 0 aromatic carbocycles. The molecule has 5 nitrogen and oxygen atoms in total. The van der Waals surface area contributed by atoms with E-state index < -0.39 is 0 Å². The Labute approximate surface area is 115 Å². The summed E-state index contributed by atoms with van der Waals surface area (Å²) in [6.07, 6.45) is 7.69. The minimum absolute atomic E-state index is 0.0292. The molecule has 2 rings (SSSR count). The Morgan fingerprint density at radius 1 is 1.32 bits per heavy atom. The van der Waals surface area contributed by atoms with Crippen LogP contribution in [0.4, 0.5) is 11.8 Å². The molecule has 0 bridgehead atoms. The van der Waals surface area contributed by atoms with Crippen LogP contribution in [0.3, 0.4) is 0 Å². The third-order valence-corrected chi connectivity index (χ3v) is 3.94. The number of hydrogen-bond donors (Lipinski definition) is 2. The number of aliphatic hydroxyl groups excluding tert-OH is 1. The maximum Gasteiger partial charge on any atom is 0.226 e. The molecular formula is C14H24N4O. The highest BCUT2D eigenvalue weighted by molar-refractivity contribution is 5.40. The Balaban J connectivity index is 1.99. The number of anilines is 2. The first-order valence-corrected chi connectivity index (χ1v) is 7.00. The molecule has 0 amide bonds. The highest BCUT2D eigenvalue weighted by atomic mass is 16.3. The van der Waals surface area contributed by atoms with E-state index in [0.29, 0.717) is 5.95 Å². The van der Waals surface area contributed by atoms with Crippen molar-refractivity contribution in [1.82, 2.24) is 9.97 Å². The van der Waals surface area contributed by atoms with E-state index in [4.69, 9.17) is 0 Å². The highest BCUT2D eigenvalue weighted by Gasteiger charge is 2.31. The fraction of sp³-hybridized carbons (Fsp3) is 0.714. The number of nitrogens with zero attached hydrogens (tertiary/aromatic N) is 3. The van der Waals surface area contributed by atoms with Crippen LogP contribution in [-0.2, 0) is 0 Å². The standard InChI is InChI=1S/C14H24N4O/c1-18(2)13-15-9-6-12(17-13)16-10-14(11-19)7-4-3-5-8-14/h6,9,19H,3-5,7-8,10-11H2,1-2H3,(H,15,16,17). The number of aromatic nitrogens is 2. The first-order chi connectivity index (χ1) is 9.15. The normalized spacial score (nSPS) is 18.1. The summed E-state index contributed by atoms with van der Waals surface area (Å²) in [6.45, 7) is 1.04. The van der Waals surface area contributed by atoms with Crippen LogP contribution in [-0.4, -0.2) is 42.3 Å². The van der Waals surface area contributed by atoms with Crippen LogP contribution >= 0.6 is 0 Å². The Kier molecular flexibility index (Phi) is 4.58. The van der Waals surface area contributed by atoms with E-state index in [9.17, 15) is 5.11 Å². The van der Waals surface area contributed by atoms with Gasteiger partial charge in [0.25, 0.3) is 0 Å². The highest BCUT2D eigenvalue weighted by Crippen LogP contribution is 2.35. The number of hydrogen-bond acceptors (Lipinski definition) is 5. The summed E-state index contributed by atoms with van der Waals surface area (Å²) in [5.74, 6) is 1.53. The molecule has 2 N–H and O–H groups in total. The van der Waals surface area contributed by atoms with E-state index in [1.165, 1.54) is 19.3 Å². The summed E-state index contributed by atoms with van der Waals surface area (Å²) in [5, 5.41) is 13.0. The smallest absolute Gasteiger partial charge is 0.226 e. The van der Waals surface area contributed by atoms with Gasteiger partial charge in [0.1, 0.15) is 5.82 Å². The Morgan fingerprint density at radius 3 is 2.68 bits per heavy atom. The predicted octanol–water partition coefficient (Wildman–Crippen LogP) is 1.90. The Hall–Kier alpha value is -1.36. The Morgan fingerprint density at radius 2 is 2.05 bits per heavy atom. The molecule has 1 aliphatic rings. The molecule has 1 aromatic heterocycles. The molecule has 1 fully saturated rings. The molecule has 19 heavy (non-hydrogen) atoms. The van der Waals surface area contributed by atoms with Gasteiger partial charge in [0.15, 0.2) is 0 Å². The minimum atomic E-state index is 0.0292. The van der Waals surface area contributed by atoms with Crippen molar-refractivity contribution in [3.8, 4) is 0 Å². The van der Waals surface area contributed by atoms with Gasteiger partial charge in [-0.25, -0.2) is 4.98 Å². The zero-order valence-corrected chi connectivity index (χ0v) is 11.9. The van der Waals surface area contributed by atoms with Gasteiger partial charge >= 0.3 is 0 Å². The predicted molar refractivity (Wildman–Crippen MR) is 77.5 cm³/mol. The lowest BCUT2D eigenvalue weighted by Crippen LogP contribution is -2.35. The van der Waals surface area contributed by atoms with Gasteiger partial charge < -0.3 is 15.3 Å². The maximum atomic E-state index is 9.68. The molecule has 1 saturated carbocycles. The number of nitrogens with one attached hydrogen (secondary N) is 1. The van der Waals surface area contributed by atoms with Crippen molar-refractivity contribution < 1.29 is 5.11 Å². The van der Waals surface area contributed by atoms with Crippen LogP contribution < -0.4 is 10.2 Å². The molecule has 1 aromatic rings. The van der Waals surface area contributed by atoms with E-state index in [-0.39, 0.29) is 12.0 Å². The summed E-state index contributed by atoms with van der Waals surface area (Å²) in [4.78, 5) is 10.5. The molecule has 0 atom stereocenters. The van der Waals surface area contributed by atoms with Gasteiger partial charge in [-0.05, 0) is 18.9 Å². The van der Waals surface area contributed by atoms with Crippen LogP contribution in [0, 0.1) is 5.41 Å². The van der Waals surface area contributed by atoms with Gasteiger partial charge in [-0.1, -0.05) is 19.3 Å². The number of aliphatic hydroxyl groups is 1. The van der Waals surface area contributed by atoms with Crippen LogP contribution in [0.1, 0.15) is 32.1 Å². The quantitative estimate of drug-likeness (QED) is 0.850. The van der Waals surface area contributed by atoms with E-state index in [0.717, 1.165) is 25.2 Å². The summed E-state index contributed by atoms with van der Waals surface area (Å²) < 4.78 is 0. The van der Waals surface area contributed by atoms with Crippen molar-refractivity contribution in [3.05, 3.63) is 12.3 Å². The van der Waals surface area contributed by atoms with Gasteiger partial charge in [0.2, 0.25) is 5.95 Å². The first-order valence-electron chi connectivity index (χ1n) is 7.00. The van der Waals surface area contributed by atoms with Crippen LogP contribution in [0.25, 0.3) is 0 Å². The van der Waals surface area contributed by atoms with Crippen molar-refractivity contribution in [2.45, 2.75) is 32.1 Å². The van der Waals surface area contributed by atoms with E-state index in [2.05, 4.69) is 15.3 Å². The van der Waals surface area contributed by atoms with Gasteiger partial charge in [0.05, 0.1) is 6.61 Å². The third kappa shape index (κ3) is 3.56. The van der Waals surface area contributed by atoms with E-state index in [1.54, 1.807) is 6.20 Å². The summed E-state index contributed by atoms with van der Waals surface area (Å²) >= 11 is 0. The molecule has 1 heterocycles. The maximum absolute atomic E-state index is 9.68. The molecule has 106 valence electrons. The Bertz CT molecular complexity index is 402. The average Bonchev–Trinajstić information content (AvgIpc) is 2.46. The molecule has 0 unspecified atom stereocenters. The monoisotopic (exact) mass is 264 g/mol. The molecule has 0 spiro atoms. The van der Waals surface area contributed by atoms with Crippen molar-refractivity contribution in [2.24, 2.45) is 5.41 Å². The second kappa shape index (κ2) is 6.19. The summed E-state index contributed by atoms with van der Waals surface area (Å²) in [6, 6.07) is 1.88. The zero-order chi connectivity index (χ0) is 13.7. The lowest BCUT2D eigenvalue weighted by atomic mass is 9.74. The fourth-order valence-corrected chi connectivity index (χ4v) is 2.63. The van der Waals surface area contributed by atoms with Crippen molar-refractivity contribution in [3.63, 3.8) is 0 Å². The largest absolute Gasteiger partial charge is 0.396 e. The first kappa shape index (κ1) is 14.1. The second-order valence-electron chi connectivity index (χ2n) is 5.71. The SMILES string of the molecule is CN(C)c1nccc(NCC2(CO)CCCCC2)n1. The molecule has 5 heteroatoms. The molecular weight excluding hydrogens is 240 g/mol. The number of rotatable bonds is 5. The van der Waals surface area contributed by atoms with Gasteiger partial charge in [0, 0.05) is 32.3 Å². The van der Waals surface area contributed by atoms with Gasteiger partial charge in [-0.3, -0.25) is 0 Å². The van der Waals surface area contributed by atoms with Crippen LogP contribution in [0.2, 0.25) is 0 Å². The van der Waals surface area contributed by atoms with E-state index >= 15 is 0 Å². The summed E-state index contributed by atoms with van der Waals surface area (Å²) in [5.41, 5.74) is 0.0292. The lowest BCUT2D eigenvalue weighted by Gasteiger charge is -2.35. The van der Waals surface area contributed by atoms with Crippen molar-refractivity contribution in [2.75, 3.05) is 37.5 Å². The fourth-order valence-electron chi connectivity index (χ4n) is 2.63. The average molecular weight is 264 g/mol. The van der Waals surface area contributed by atoms with Crippen LogP contribution in [0.15, 0.2) is 12.3 Å². The van der Waals surface area contributed by atoms with Crippen molar-refractivity contribution >= 4 is 11.8 Å². The van der Waals surface area contributed by atoms with E-state index in [1.807, 2.05) is 25.1 Å². The molecule has 1 aliphatic carbocycles. The minimum Gasteiger partial charge on any atom is -0.396 e. The van der Waals surface area contributed by atoms with Gasteiger partial charge in [-0.15, -0.1) is 0 Å². The molecule has 0 radical (unpaired) electrons.